The van der Waals surface area contributed by atoms with Crippen molar-refractivity contribution >= 4 is 23.7 Å². The van der Waals surface area contributed by atoms with Gasteiger partial charge in [0.05, 0.1) is 12.5 Å². The molecular weight excluding hydrogens is 378 g/mol. The maximum Gasteiger partial charge on any atom is 0.306 e. The molecule has 1 aliphatic heterocycles. The maximum absolute atomic E-state index is 12.5. The fraction of sp³-hybridized carbons (Fsp3) is 0.800. The zero-order valence-corrected chi connectivity index (χ0v) is 18.1. The van der Waals surface area contributed by atoms with Crippen LogP contribution in [0.25, 0.3) is 0 Å². The molecule has 3 amide bonds. The van der Waals surface area contributed by atoms with Crippen LogP contribution in [0.3, 0.4) is 0 Å². The Morgan fingerprint density at radius 2 is 1.90 bits per heavy atom. The van der Waals surface area contributed by atoms with E-state index >= 15 is 0 Å². The summed E-state index contributed by atoms with van der Waals surface area (Å²) in [6.07, 6.45) is 0.301. The minimum atomic E-state index is -0.768. The summed E-state index contributed by atoms with van der Waals surface area (Å²) in [6, 6.07) is -1.03. The molecule has 0 aliphatic carbocycles. The highest BCUT2D eigenvalue weighted by molar-refractivity contribution is 5.96. The van der Waals surface area contributed by atoms with Crippen molar-refractivity contribution in [3.63, 3.8) is 0 Å². The molecule has 1 saturated heterocycles. The van der Waals surface area contributed by atoms with Gasteiger partial charge in [-0.25, -0.2) is 0 Å². The molecular formula is C20H35N3O6. The summed E-state index contributed by atoms with van der Waals surface area (Å²) >= 11 is 0. The summed E-state index contributed by atoms with van der Waals surface area (Å²) in [5.41, 5.74) is 0. The van der Waals surface area contributed by atoms with Crippen LogP contribution in [0.15, 0.2) is 0 Å². The molecule has 1 rings (SSSR count). The number of hydrogen-bond acceptors (Lipinski definition) is 6. The number of rotatable bonds is 11. The van der Waals surface area contributed by atoms with Gasteiger partial charge in [0.1, 0.15) is 18.2 Å². The number of likely N-dealkylation sites (N-methyl/N-ethyl adjacent to an activating group) is 1. The third-order valence-corrected chi connectivity index (χ3v) is 5.42. The zero-order chi connectivity index (χ0) is 22.1. The first-order valence-electron chi connectivity index (χ1n) is 10.3. The van der Waals surface area contributed by atoms with Crippen LogP contribution in [0.4, 0.5) is 0 Å². The number of aliphatic hydroxyl groups excluding tert-OH is 1. The minimum absolute atomic E-state index is 0.00967. The first kappa shape index (κ1) is 24.9. The number of nitrogens with one attached hydrogen (secondary N) is 2. The van der Waals surface area contributed by atoms with Gasteiger partial charge in [-0.05, 0) is 32.6 Å². The number of hydrogen-bond donors (Lipinski definition) is 3. The van der Waals surface area contributed by atoms with Crippen LogP contribution in [-0.2, 0) is 23.9 Å². The van der Waals surface area contributed by atoms with Gasteiger partial charge in [-0.3, -0.25) is 19.2 Å². The van der Waals surface area contributed by atoms with Gasteiger partial charge in [0.25, 0.3) is 0 Å². The van der Waals surface area contributed by atoms with Gasteiger partial charge in [-0.1, -0.05) is 20.3 Å². The third-order valence-electron chi connectivity index (χ3n) is 5.42. The number of nitrogens with zero attached hydrogens (tertiary/aromatic N) is 1. The standard InChI is InChI=1S/C20H35N3O6/c1-6-12(2)18-20(28)23(5)15(19(27)22-18)8-7-11-21-16(25)9-10-17(26)29-14(4)13(3)24/h12-15,18,24H,6-11H2,1-5H3,(H,21,25)(H,22,27). The second kappa shape index (κ2) is 11.7. The van der Waals surface area contributed by atoms with Crippen LogP contribution in [0.5, 0.6) is 0 Å². The first-order chi connectivity index (χ1) is 13.6. The molecule has 1 heterocycles. The monoisotopic (exact) mass is 413 g/mol. The van der Waals surface area contributed by atoms with Crippen molar-refractivity contribution in [2.75, 3.05) is 13.6 Å². The molecule has 0 saturated carbocycles. The van der Waals surface area contributed by atoms with Crippen LogP contribution >= 0.6 is 0 Å². The van der Waals surface area contributed by atoms with E-state index in [0.717, 1.165) is 6.42 Å². The van der Waals surface area contributed by atoms with Gasteiger partial charge in [-0.2, -0.15) is 0 Å². The molecule has 166 valence electrons. The lowest BCUT2D eigenvalue weighted by molar-refractivity contribution is -0.154. The molecule has 9 heteroatoms. The van der Waals surface area contributed by atoms with Gasteiger partial charge < -0.3 is 25.4 Å². The van der Waals surface area contributed by atoms with E-state index in [4.69, 9.17) is 4.74 Å². The molecule has 9 nitrogen and oxygen atoms in total. The Kier molecular flexibility index (Phi) is 10.1. The van der Waals surface area contributed by atoms with Crippen LogP contribution in [-0.4, -0.2) is 71.6 Å². The number of amides is 3. The SMILES string of the molecule is CCC(C)C1NC(=O)C(CCCNC(=O)CCC(=O)OC(C)C(C)O)N(C)C1=O. The lowest BCUT2D eigenvalue weighted by atomic mass is 9.93. The molecule has 1 fully saturated rings. The number of esters is 1. The normalized spacial score (nSPS) is 22.5. The van der Waals surface area contributed by atoms with Crippen molar-refractivity contribution in [3.05, 3.63) is 0 Å². The van der Waals surface area contributed by atoms with E-state index in [1.165, 1.54) is 11.8 Å². The van der Waals surface area contributed by atoms with E-state index in [1.807, 2.05) is 13.8 Å². The summed E-state index contributed by atoms with van der Waals surface area (Å²) in [5.74, 6) is -1.01. The molecule has 0 aromatic heterocycles. The van der Waals surface area contributed by atoms with Gasteiger partial charge in [0.15, 0.2) is 0 Å². The highest BCUT2D eigenvalue weighted by Gasteiger charge is 2.39. The Morgan fingerprint density at radius 3 is 2.48 bits per heavy atom. The largest absolute Gasteiger partial charge is 0.460 e. The third kappa shape index (κ3) is 7.64. The Morgan fingerprint density at radius 1 is 1.24 bits per heavy atom. The summed E-state index contributed by atoms with van der Waals surface area (Å²) in [5, 5.41) is 14.8. The number of aliphatic hydroxyl groups is 1. The predicted octanol–water partition coefficient (Wildman–Crippen LogP) is 0.347. The summed E-state index contributed by atoms with van der Waals surface area (Å²) in [6.45, 7) is 7.36. The lowest BCUT2D eigenvalue weighted by Crippen LogP contribution is -2.63. The molecule has 0 radical (unpaired) electrons. The Labute approximate surface area is 172 Å². The molecule has 5 atom stereocenters. The second-order valence-corrected chi connectivity index (χ2v) is 7.76. The van der Waals surface area contributed by atoms with Gasteiger partial charge >= 0.3 is 5.97 Å². The van der Waals surface area contributed by atoms with E-state index in [2.05, 4.69) is 10.6 Å². The van der Waals surface area contributed by atoms with E-state index in [-0.39, 0.29) is 36.5 Å². The average Bonchev–Trinajstić information content (AvgIpc) is 2.67. The van der Waals surface area contributed by atoms with Crippen LogP contribution in [0.1, 0.15) is 59.8 Å². The predicted molar refractivity (Wildman–Crippen MR) is 107 cm³/mol. The molecule has 0 bridgehead atoms. The number of ether oxygens (including phenoxy) is 1. The average molecular weight is 414 g/mol. The van der Waals surface area contributed by atoms with Gasteiger partial charge in [-0.15, -0.1) is 0 Å². The fourth-order valence-electron chi connectivity index (χ4n) is 3.00. The summed E-state index contributed by atoms with van der Waals surface area (Å²) in [4.78, 5) is 49.8. The van der Waals surface area contributed by atoms with Crippen LogP contribution in [0, 0.1) is 5.92 Å². The van der Waals surface area contributed by atoms with Crippen molar-refractivity contribution in [3.8, 4) is 0 Å². The van der Waals surface area contributed by atoms with Gasteiger partial charge in [0.2, 0.25) is 17.7 Å². The molecule has 29 heavy (non-hydrogen) atoms. The molecule has 1 aliphatic rings. The van der Waals surface area contributed by atoms with Crippen LogP contribution < -0.4 is 10.6 Å². The molecule has 0 aromatic carbocycles. The topological polar surface area (TPSA) is 125 Å². The van der Waals surface area contributed by atoms with Crippen molar-refractivity contribution in [1.82, 2.24) is 15.5 Å². The minimum Gasteiger partial charge on any atom is -0.460 e. The molecule has 3 N–H and O–H groups in total. The van der Waals surface area contributed by atoms with E-state index < -0.39 is 30.3 Å². The zero-order valence-electron chi connectivity index (χ0n) is 18.1. The molecule has 0 spiro atoms. The summed E-state index contributed by atoms with van der Waals surface area (Å²) < 4.78 is 4.98. The Balaban J connectivity index is 2.32. The Hall–Kier alpha value is -2.16. The smallest absolute Gasteiger partial charge is 0.306 e. The van der Waals surface area contributed by atoms with Gasteiger partial charge in [0, 0.05) is 20.0 Å². The van der Waals surface area contributed by atoms with Crippen molar-refractivity contribution in [2.24, 2.45) is 5.92 Å². The van der Waals surface area contributed by atoms with Crippen molar-refractivity contribution in [1.29, 1.82) is 0 Å². The quantitative estimate of drug-likeness (QED) is 0.331. The number of carbonyl (C=O) groups excluding carboxylic acids is 4. The summed E-state index contributed by atoms with van der Waals surface area (Å²) in [7, 11) is 1.64. The maximum atomic E-state index is 12.5. The first-order valence-corrected chi connectivity index (χ1v) is 10.3. The Bertz CT molecular complexity index is 595. The van der Waals surface area contributed by atoms with E-state index in [1.54, 1.807) is 14.0 Å². The second-order valence-electron chi connectivity index (χ2n) is 7.76. The van der Waals surface area contributed by atoms with Crippen molar-refractivity contribution in [2.45, 2.75) is 84.1 Å². The number of carbonyl (C=O) groups is 4. The highest BCUT2D eigenvalue weighted by Crippen LogP contribution is 2.18. The molecule has 5 unspecified atom stereocenters. The van der Waals surface area contributed by atoms with Crippen molar-refractivity contribution < 1.29 is 29.0 Å². The van der Waals surface area contributed by atoms with Crippen LogP contribution in [0.2, 0.25) is 0 Å². The van der Waals surface area contributed by atoms with E-state index in [9.17, 15) is 24.3 Å². The van der Waals surface area contributed by atoms with E-state index in [0.29, 0.717) is 19.4 Å². The highest BCUT2D eigenvalue weighted by atomic mass is 16.6. The number of piperazine rings is 1. The fourth-order valence-corrected chi connectivity index (χ4v) is 3.00. The lowest BCUT2D eigenvalue weighted by Gasteiger charge is -2.38. The molecule has 0 aromatic rings.